The van der Waals surface area contributed by atoms with Crippen molar-refractivity contribution in [1.82, 2.24) is 19.9 Å². The van der Waals surface area contributed by atoms with Crippen molar-refractivity contribution in [2.75, 3.05) is 0 Å². The first-order chi connectivity index (χ1) is 8.25. The number of pyridine rings is 1. The summed E-state index contributed by atoms with van der Waals surface area (Å²) in [6, 6.07) is 3.83. The smallest absolute Gasteiger partial charge is 0.163 e. The van der Waals surface area contributed by atoms with Gasteiger partial charge in [0.25, 0.3) is 0 Å². The summed E-state index contributed by atoms with van der Waals surface area (Å²) in [6.45, 7) is 1.97. The Morgan fingerprint density at radius 1 is 1.29 bits per heavy atom. The molecular formula is C12H9BrN4. The van der Waals surface area contributed by atoms with E-state index in [1.54, 1.807) is 12.4 Å². The van der Waals surface area contributed by atoms with Crippen LogP contribution in [0.15, 0.2) is 35.2 Å². The molecule has 0 aromatic carbocycles. The van der Waals surface area contributed by atoms with Crippen LogP contribution >= 0.6 is 15.9 Å². The van der Waals surface area contributed by atoms with Crippen LogP contribution < -0.4 is 0 Å². The molecule has 0 radical (unpaired) electrons. The second-order valence-electron chi connectivity index (χ2n) is 3.73. The summed E-state index contributed by atoms with van der Waals surface area (Å²) in [6.07, 6.45) is 5.37. The van der Waals surface area contributed by atoms with Crippen LogP contribution in [-0.2, 0) is 0 Å². The summed E-state index contributed by atoms with van der Waals surface area (Å²) in [7, 11) is 0. The van der Waals surface area contributed by atoms with Crippen LogP contribution in [-0.4, -0.2) is 19.9 Å². The van der Waals surface area contributed by atoms with Gasteiger partial charge in [-0.2, -0.15) is 0 Å². The van der Waals surface area contributed by atoms with E-state index >= 15 is 0 Å². The topological polar surface area (TPSA) is 54.5 Å². The molecule has 0 saturated carbocycles. The number of nitrogens with zero attached hydrogens (tertiary/aromatic N) is 3. The van der Waals surface area contributed by atoms with Gasteiger partial charge in [0.2, 0.25) is 0 Å². The lowest BCUT2D eigenvalue weighted by atomic mass is 10.2. The highest BCUT2D eigenvalue weighted by Gasteiger charge is 2.10. The number of hydrogen-bond donors (Lipinski definition) is 1. The highest BCUT2D eigenvalue weighted by atomic mass is 79.9. The third-order valence-corrected chi connectivity index (χ3v) is 3.21. The first kappa shape index (κ1) is 10.4. The molecule has 0 aliphatic carbocycles. The summed E-state index contributed by atoms with van der Waals surface area (Å²) in [5.41, 5.74) is 2.70. The number of rotatable bonds is 1. The molecule has 3 heterocycles. The molecule has 0 atom stereocenters. The standard InChI is InChI=1S/C12H9BrN4/c1-7-10-9(13)6-15-12(10)17-11(16-7)8-3-2-4-14-5-8/h2-6H,1H3,(H,15,16,17). The molecule has 3 aromatic rings. The van der Waals surface area contributed by atoms with E-state index in [1.165, 1.54) is 0 Å². The summed E-state index contributed by atoms with van der Waals surface area (Å²) in [4.78, 5) is 16.2. The van der Waals surface area contributed by atoms with E-state index in [4.69, 9.17) is 0 Å². The fraction of sp³-hybridized carbons (Fsp3) is 0.0833. The molecule has 0 aliphatic heterocycles. The van der Waals surface area contributed by atoms with Crippen molar-refractivity contribution in [3.63, 3.8) is 0 Å². The summed E-state index contributed by atoms with van der Waals surface area (Å²) >= 11 is 3.47. The summed E-state index contributed by atoms with van der Waals surface area (Å²) < 4.78 is 0.989. The van der Waals surface area contributed by atoms with E-state index in [0.717, 1.165) is 26.8 Å². The lowest BCUT2D eigenvalue weighted by molar-refractivity contribution is 1.14. The Morgan fingerprint density at radius 3 is 2.94 bits per heavy atom. The molecule has 5 heteroatoms. The van der Waals surface area contributed by atoms with Crippen LogP contribution in [0.2, 0.25) is 0 Å². The maximum Gasteiger partial charge on any atom is 0.163 e. The van der Waals surface area contributed by atoms with Crippen LogP contribution in [0.4, 0.5) is 0 Å². The van der Waals surface area contributed by atoms with Crippen LogP contribution in [0.5, 0.6) is 0 Å². The van der Waals surface area contributed by atoms with E-state index in [1.807, 2.05) is 25.3 Å². The predicted octanol–water partition coefficient (Wildman–Crippen LogP) is 3.09. The average Bonchev–Trinajstić information content (AvgIpc) is 2.73. The SMILES string of the molecule is Cc1nc(-c2cccnc2)nc2[nH]cc(Br)c12. The third-order valence-electron chi connectivity index (χ3n) is 2.58. The molecule has 1 N–H and O–H groups in total. The van der Waals surface area contributed by atoms with E-state index in [2.05, 4.69) is 35.9 Å². The number of H-pyrrole nitrogens is 1. The van der Waals surface area contributed by atoms with Crippen molar-refractivity contribution >= 4 is 27.0 Å². The van der Waals surface area contributed by atoms with E-state index < -0.39 is 0 Å². The summed E-state index contributed by atoms with van der Waals surface area (Å²) in [5, 5.41) is 1.03. The van der Waals surface area contributed by atoms with Gasteiger partial charge in [0.05, 0.1) is 11.1 Å². The monoisotopic (exact) mass is 288 g/mol. The summed E-state index contributed by atoms with van der Waals surface area (Å²) in [5.74, 6) is 0.692. The quantitative estimate of drug-likeness (QED) is 0.749. The molecule has 4 nitrogen and oxygen atoms in total. The largest absolute Gasteiger partial charge is 0.345 e. The Balaban J connectivity index is 2.26. The minimum Gasteiger partial charge on any atom is -0.345 e. The van der Waals surface area contributed by atoms with Gasteiger partial charge in [-0.05, 0) is 35.0 Å². The van der Waals surface area contributed by atoms with Gasteiger partial charge in [0.15, 0.2) is 5.82 Å². The molecule has 3 aromatic heterocycles. The first-order valence-electron chi connectivity index (χ1n) is 5.17. The van der Waals surface area contributed by atoms with Gasteiger partial charge in [-0.3, -0.25) is 4.98 Å². The van der Waals surface area contributed by atoms with E-state index in [-0.39, 0.29) is 0 Å². The normalized spacial score (nSPS) is 10.9. The van der Waals surface area contributed by atoms with Crippen molar-refractivity contribution in [2.24, 2.45) is 0 Å². The van der Waals surface area contributed by atoms with Crippen LogP contribution in [0.25, 0.3) is 22.4 Å². The van der Waals surface area contributed by atoms with Crippen molar-refractivity contribution in [3.05, 3.63) is 40.9 Å². The molecule has 0 bridgehead atoms. The molecule has 0 saturated heterocycles. The van der Waals surface area contributed by atoms with Crippen LogP contribution in [0, 0.1) is 6.92 Å². The van der Waals surface area contributed by atoms with Gasteiger partial charge in [0, 0.05) is 28.6 Å². The molecule has 0 fully saturated rings. The fourth-order valence-corrected chi connectivity index (χ4v) is 2.38. The average molecular weight is 289 g/mol. The van der Waals surface area contributed by atoms with Gasteiger partial charge >= 0.3 is 0 Å². The van der Waals surface area contributed by atoms with Crippen molar-refractivity contribution in [2.45, 2.75) is 6.92 Å². The molecule has 3 rings (SSSR count). The molecule has 17 heavy (non-hydrogen) atoms. The van der Waals surface area contributed by atoms with E-state index in [0.29, 0.717) is 5.82 Å². The first-order valence-corrected chi connectivity index (χ1v) is 5.96. The Morgan fingerprint density at radius 2 is 2.18 bits per heavy atom. The molecular weight excluding hydrogens is 280 g/mol. The molecule has 84 valence electrons. The molecule has 0 spiro atoms. The molecule has 0 aliphatic rings. The minimum absolute atomic E-state index is 0.692. The van der Waals surface area contributed by atoms with Crippen molar-refractivity contribution in [1.29, 1.82) is 0 Å². The van der Waals surface area contributed by atoms with Crippen molar-refractivity contribution < 1.29 is 0 Å². The zero-order chi connectivity index (χ0) is 11.8. The van der Waals surface area contributed by atoms with Gasteiger partial charge in [-0.1, -0.05) is 0 Å². The van der Waals surface area contributed by atoms with E-state index in [9.17, 15) is 0 Å². The zero-order valence-corrected chi connectivity index (χ0v) is 10.7. The number of fused-ring (bicyclic) bond motifs is 1. The second kappa shape index (κ2) is 3.92. The van der Waals surface area contributed by atoms with Crippen LogP contribution in [0.3, 0.4) is 0 Å². The highest BCUT2D eigenvalue weighted by molar-refractivity contribution is 9.10. The Labute approximate surface area is 106 Å². The fourth-order valence-electron chi connectivity index (χ4n) is 1.79. The highest BCUT2D eigenvalue weighted by Crippen LogP contribution is 2.26. The number of hydrogen-bond acceptors (Lipinski definition) is 3. The number of nitrogens with one attached hydrogen (secondary N) is 1. The minimum atomic E-state index is 0.692. The molecule has 0 unspecified atom stereocenters. The third kappa shape index (κ3) is 1.72. The number of halogens is 1. The Bertz CT molecular complexity index is 676. The number of aryl methyl sites for hydroxylation is 1. The predicted molar refractivity (Wildman–Crippen MR) is 69.6 cm³/mol. The second-order valence-corrected chi connectivity index (χ2v) is 4.59. The maximum atomic E-state index is 4.50. The van der Waals surface area contributed by atoms with Gasteiger partial charge in [-0.15, -0.1) is 0 Å². The Kier molecular flexibility index (Phi) is 2.40. The lowest BCUT2D eigenvalue weighted by Gasteiger charge is -2.02. The van der Waals surface area contributed by atoms with Gasteiger partial charge < -0.3 is 4.98 Å². The zero-order valence-electron chi connectivity index (χ0n) is 9.11. The number of aromatic amines is 1. The lowest BCUT2D eigenvalue weighted by Crippen LogP contribution is -1.93. The number of aromatic nitrogens is 4. The maximum absolute atomic E-state index is 4.50. The van der Waals surface area contributed by atoms with Crippen LogP contribution in [0.1, 0.15) is 5.69 Å². The van der Waals surface area contributed by atoms with Crippen molar-refractivity contribution in [3.8, 4) is 11.4 Å². The van der Waals surface area contributed by atoms with Gasteiger partial charge in [0.1, 0.15) is 5.65 Å². The van der Waals surface area contributed by atoms with Gasteiger partial charge in [-0.25, -0.2) is 9.97 Å². The molecule has 0 amide bonds. The Hall–Kier alpha value is -1.75.